The summed E-state index contributed by atoms with van der Waals surface area (Å²) in [5.41, 5.74) is 1.21. The van der Waals surface area contributed by atoms with Gasteiger partial charge in [0.25, 0.3) is 5.91 Å². The topological polar surface area (TPSA) is 53.4 Å². The van der Waals surface area contributed by atoms with E-state index in [-0.39, 0.29) is 12.5 Å². The van der Waals surface area contributed by atoms with Crippen molar-refractivity contribution >= 4 is 17.7 Å². The summed E-state index contributed by atoms with van der Waals surface area (Å²) < 4.78 is 0. The van der Waals surface area contributed by atoms with Gasteiger partial charge in [-0.25, -0.2) is 0 Å². The Hall–Kier alpha value is -1.51. The Labute approximate surface area is 117 Å². The van der Waals surface area contributed by atoms with Crippen LogP contribution in [-0.2, 0) is 0 Å². The third-order valence-electron chi connectivity index (χ3n) is 2.83. The van der Waals surface area contributed by atoms with Crippen molar-refractivity contribution in [3.63, 3.8) is 0 Å². The number of carbonyl (C=O) groups is 1. The number of nitrogens with zero attached hydrogens (tertiary/aromatic N) is 2. The van der Waals surface area contributed by atoms with E-state index in [4.69, 9.17) is 5.11 Å². The fraction of sp³-hybridized carbons (Fsp3) is 0.429. The molecule has 1 N–H and O–H groups in total. The van der Waals surface area contributed by atoms with E-state index in [0.717, 1.165) is 18.8 Å². The molecular weight excluding hydrogens is 260 g/mol. The second-order valence-electron chi connectivity index (χ2n) is 4.35. The van der Waals surface area contributed by atoms with Crippen LogP contribution in [-0.4, -0.2) is 51.6 Å². The molecule has 1 saturated heterocycles. The highest BCUT2D eigenvalue weighted by Crippen LogP contribution is 2.19. The summed E-state index contributed by atoms with van der Waals surface area (Å²) in [6.45, 7) is 3.49. The number of aliphatic hydroxyl groups excluding tert-OH is 1. The van der Waals surface area contributed by atoms with E-state index >= 15 is 0 Å². The molecule has 4 nitrogen and oxygen atoms in total. The third kappa shape index (κ3) is 3.72. The van der Waals surface area contributed by atoms with Crippen LogP contribution < -0.4 is 0 Å². The van der Waals surface area contributed by atoms with E-state index in [9.17, 15) is 4.79 Å². The molecule has 1 amide bonds. The molecule has 1 aliphatic heterocycles. The minimum Gasteiger partial charge on any atom is -0.384 e. The lowest BCUT2D eigenvalue weighted by atomic mass is 10.2. The molecule has 0 spiro atoms. The lowest BCUT2D eigenvalue weighted by Gasteiger charge is -2.30. The maximum Gasteiger partial charge on any atom is 0.255 e. The van der Waals surface area contributed by atoms with Crippen molar-refractivity contribution < 1.29 is 9.90 Å². The number of amides is 1. The molecule has 0 bridgehead atoms. The van der Waals surface area contributed by atoms with Gasteiger partial charge in [0, 0.05) is 42.0 Å². The van der Waals surface area contributed by atoms with Crippen LogP contribution in [0, 0.1) is 11.8 Å². The number of aliphatic hydroxyl groups is 1. The molecule has 1 atom stereocenters. The highest BCUT2D eigenvalue weighted by Gasteiger charge is 2.22. The zero-order valence-electron chi connectivity index (χ0n) is 10.8. The molecule has 5 heteroatoms. The zero-order valence-corrected chi connectivity index (χ0v) is 11.6. The Morgan fingerprint density at radius 1 is 1.63 bits per heavy atom. The van der Waals surface area contributed by atoms with Crippen LogP contribution in [0.25, 0.3) is 0 Å². The first-order valence-electron chi connectivity index (χ1n) is 6.16. The Kier molecular flexibility index (Phi) is 4.83. The van der Waals surface area contributed by atoms with Crippen LogP contribution in [0.3, 0.4) is 0 Å². The highest BCUT2D eigenvalue weighted by molar-refractivity contribution is 7.99. The average molecular weight is 276 g/mol. The number of carbonyl (C=O) groups excluding carboxylic acids is 1. The monoisotopic (exact) mass is 276 g/mol. The number of thioether (sulfide) groups is 1. The number of rotatable bonds is 1. The summed E-state index contributed by atoms with van der Waals surface area (Å²) in [7, 11) is 0. The quantitative estimate of drug-likeness (QED) is 0.778. The first-order chi connectivity index (χ1) is 9.20. The van der Waals surface area contributed by atoms with Gasteiger partial charge >= 0.3 is 0 Å². The lowest BCUT2D eigenvalue weighted by Crippen LogP contribution is -2.41. The van der Waals surface area contributed by atoms with Gasteiger partial charge in [-0.15, -0.1) is 0 Å². The second-order valence-corrected chi connectivity index (χ2v) is 5.90. The summed E-state index contributed by atoms with van der Waals surface area (Å²) in [4.78, 5) is 18.2. The van der Waals surface area contributed by atoms with Crippen molar-refractivity contribution in [1.29, 1.82) is 0 Å². The van der Waals surface area contributed by atoms with Crippen molar-refractivity contribution in [3.8, 4) is 11.8 Å². The third-order valence-corrected chi connectivity index (χ3v) is 3.96. The molecule has 0 saturated carbocycles. The molecule has 2 rings (SSSR count). The van der Waals surface area contributed by atoms with Gasteiger partial charge in [-0.3, -0.25) is 9.78 Å². The summed E-state index contributed by atoms with van der Waals surface area (Å²) >= 11 is 1.89. The number of pyridine rings is 1. The molecule has 100 valence electrons. The molecular formula is C14H16N2O2S. The predicted octanol–water partition coefficient (Wildman–Crippen LogP) is 1.00. The zero-order chi connectivity index (χ0) is 13.7. The van der Waals surface area contributed by atoms with Crippen LogP contribution in [0.2, 0.25) is 0 Å². The molecule has 19 heavy (non-hydrogen) atoms. The standard InChI is InChI=1S/C14H16N2O2S/c1-11-10-16(4-6-19-11)14(18)13-7-12(3-2-5-17)8-15-9-13/h7-9,11,17H,4-6,10H2,1H3. The van der Waals surface area contributed by atoms with E-state index in [1.165, 1.54) is 0 Å². The van der Waals surface area contributed by atoms with Gasteiger partial charge in [0.2, 0.25) is 0 Å². The predicted molar refractivity (Wildman–Crippen MR) is 76.0 cm³/mol. The molecule has 1 fully saturated rings. The molecule has 0 aromatic carbocycles. The van der Waals surface area contributed by atoms with Crippen molar-refractivity contribution in [2.75, 3.05) is 25.4 Å². The Morgan fingerprint density at radius 2 is 2.47 bits per heavy atom. The van der Waals surface area contributed by atoms with E-state index in [2.05, 4.69) is 23.7 Å². The van der Waals surface area contributed by atoms with Crippen LogP contribution in [0.15, 0.2) is 18.5 Å². The lowest BCUT2D eigenvalue weighted by molar-refractivity contribution is 0.0762. The van der Waals surface area contributed by atoms with Crippen LogP contribution >= 0.6 is 11.8 Å². The van der Waals surface area contributed by atoms with E-state index < -0.39 is 0 Å². The van der Waals surface area contributed by atoms with Crippen molar-refractivity contribution in [2.45, 2.75) is 12.2 Å². The number of hydrogen-bond donors (Lipinski definition) is 1. The summed E-state index contributed by atoms with van der Waals surface area (Å²) in [5, 5.41) is 9.14. The van der Waals surface area contributed by atoms with Gasteiger partial charge in [-0.05, 0) is 6.07 Å². The fourth-order valence-corrected chi connectivity index (χ4v) is 2.97. The second kappa shape index (κ2) is 6.60. The first kappa shape index (κ1) is 13.9. The molecule has 2 heterocycles. The first-order valence-corrected chi connectivity index (χ1v) is 7.21. The minimum absolute atomic E-state index is 0.00676. The number of aromatic nitrogens is 1. The van der Waals surface area contributed by atoms with E-state index in [0.29, 0.717) is 16.4 Å². The van der Waals surface area contributed by atoms with Gasteiger partial charge in [-0.1, -0.05) is 18.8 Å². The van der Waals surface area contributed by atoms with E-state index in [1.54, 1.807) is 18.5 Å². The van der Waals surface area contributed by atoms with Crippen molar-refractivity contribution in [3.05, 3.63) is 29.6 Å². The Bertz CT molecular complexity index is 522. The molecule has 1 unspecified atom stereocenters. The molecule has 1 aromatic rings. The molecule has 1 aromatic heterocycles. The van der Waals surface area contributed by atoms with Crippen LogP contribution in [0.5, 0.6) is 0 Å². The Balaban J connectivity index is 2.14. The SMILES string of the molecule is CC1CN(C(=O)c2cncc(C#CCO)c2)CCS1. The average Bonchev–Trinajstić information content (AvgIpc) is 2.44. The van der Waals surface area contributed by atoms with Gasteiger partial charge in [-0.2, -0.15) is 11.8 Å². The number of hydrogen-bond acceptors (Lipinski definition) is 4. The van der Waals surface area contributed by atoms with Crippen LogP contribution in [0.4, 0.5) is 0 Å². The smallest absolute Gasteiger partial charge is 0.255 e. The fourth-order valence-electron chi connectivity index (χ4n) is 1.95. The molecule has 0 radical (unpaired) electrons. The molecule has 0 aliphatic carbocycles. The van der Waals surface area contributed by atoms with Crippen LogP contribution in [0.1, 0.15) is 22.8 Å². The van der Waals surface area contributed by atoms with Gasteiger partial charge in [0.05, 0.1) is 5.56 Å². The van der Waals surface area contributed by atoms with Crippen molar-refractivity contribution in [1.82, 2.24) is 9.88 Å². The summed E-state index contributed by atoms with van der Waals surface area (Å²) in [5.74, 6) is 6.30. The maximum atomic E-state index is 12.4. The van der Waals surface area contributed by atoms with Crippen molar-refractivity contribution in [2.24, 2.45) is 0 Å². The summed E-state index contributed by atoms with van der Waals surface area (Å²) in [6.07, 6.45) is 3.16. The van der Waals surface area contributed by atoms with Gasteiger partial charge in [0.1, 0.15) is 6.61 Å². The van der Waals surface area contributed by atoms with E-state index in [1.807, 2.05) is 16.7 Å². The highest BCUT2D eigenvalue weighted by atomic mass is 32.2. The summed E-state index contributed by atoms with van der Waals surface area (Å²) in [6, 6.07) is 1.73. The largest absolute Gasteiger partial charge is 0.384 e. The maximum absolute atomic E-state index is 12.4. The Morgan fingerprint density at radius 3 is 3.21 bits per heavy atom. The normalized spacial score (nSPS) is 18.6. The molecule has 1 aliphatic rings. The minimum atomic E-state index is -0.195. The van der Waals surface area contributed by atoms with Gasteiger partial charge < -0.3 is 10.0 Å². The van der Waals surface area contributed by atoms with Gasteiger partial charge in [0.15, 0.2) is 0 Å².